The molecule has 1 aromatic heterocycles. The molecule has 2 amide bonds. The van der Waals surface area contributed by atoms with Crippen molar-refractivity contribution in [2.75, 3.05) is 13.1 Å². The van der Waals surface area contributed by atoms with Gasteiger partial charge in [0.05, 0.1) is 6.54 Å². The van der Waals surface area contributed by atoms with Gasteiger partial charge in [0, 0.05) is 24.0 Å². The SMILES string of the molecule is O=C(NCc1cccs1)NC1C2CNCC21. The first kappa shape index (κ1) is 10.1. The molecular weight excluding hydrogens is 222 g/mol. The molecule has 2 aliphatic rings. The molecule has 1 saturated carbocycles. The van der Waals surface area contributed by atoms with Gasteiger partial charge in [0.25, 0.3) is 0 Å². The maximum Gasteiger partial charge on any atom is 0.315 e. The van der Waals surface area contributed by atoms with Crippen LogP contribution in [0.1, 0.15) is 4.88 Å². The van der Waals surface area contributed by atoms with Crippen molar-refractivity contribution in [2.45, 2.75) is 12.6 Å². The van der Waals surface area contributed by atoms with Gasteiger partial charge in [0.1, 0.15) is 0 Å². The third-order valence-electron chi connectivity index (χ3n) is 3.39. The van der Waals surface area contributed by atoms with E-state index in [1.165, 1.54) is 4.88 Å². The summed E-state index contributed by atoms with van der Waals surface area (Å²) in [7, 11) is 0. The summed E-state index contributed by atoms with van der Waals surface area (Å²) < 4.78 is 0. The third-order valence-corrected chi connectivity index (χ3v) is 4.27. The van der Waals surface area contributed by atoms with Gasteiger partial charge in [-0.2, -0.15) is 0 Å². The van der Waals surface area contributed by atoms with Crippen LogP contribution in [-0.4, -0.2) is 25.2 Å². The Morgan fingerprint density at radius 2 is 2.31 bits per heavy atom. The zero-order valence-corrected chi connectivity index (χ0v) is 9.72. The second-order valence-corrected chi connectivity index (χ2v) is 5.45. The maximum atomic E-state index is 11.6. The number of nitrogens with one attached hydrogen (secondary N) is 3. The molecule has 16 heavy (non-hydrogen) atoms. The first-order valence-corrected chi connectivity index (χ1v) is 6.50. The lowest BCUT2D eigenvalue weighted by Gasteiger charge is -2.08. The minimum atomic E-state index is -0.0344. The Morgan fingerprint density at radius 3 is 3.00 bits per heavy atom. The molecule has 5 heteroatoms. The number of thiophene rings is 1. The van der Waals surface area contributed by atoms with Crippen LogP contribution >= 0.6 is 11.3 Å². The molecule has 86 valence electrons. The van der Waals surface area contributed by atoms with Crippen LogP contribution in [0.5, 0.6) is 0 Å². The van der Waals surface area contributed by atoms with Crippen molar-refractivity contribution in [3.8, 4) is 0 Å². The minimum Gasteiger partial charge on any atom is -0.335 e. The van der Waals surface area contributed by atoms with Crippen molar-refractivity contribution in [1.82, 2.24) is 16.0 Å². The molecule has 1 aliphatic heterocycles. The highest BCUT2D eigenvalue weighted by Crippen LogP contribution is 2.41. The summed E-state index contributed by atoms with van der Waals surface area (Å²) in [5.41, 5.74) is 0. The highest BCUT2D eigenvalue weighted by atomic mass is 32.1. The van der Waals surface area contributed by atoms with Gasteiger partial charge < -0.3 is 16.0 Å². The van der Waals surface area contributed by atoms with Crippen molar-refractivity contribution >= 4 is 17.4 Å². The Bertz CT molecular complexity index is 369. The molecule has 0 radical (unpaired) electrons. The van der Waals surface area contributed by atoms with Crippen molar-refractivity contribution in [1.29, 1.82) is 0 Å². The summed E-state index contributed by atoms with van der Waals surface area (Å²) >= 11 is 1.66. The van der Waals surface area contributed by atoms with Crippen LogP contribution in [0, 0.1) is 11.8 Å². The Morgan fingerprint density at radius 1 is 1.50 bits per heavy atom. The Labute approximate surface area is 98.4 Å². The first-order valence-electron chi connectivity index (χ1n) is 5.62. The van der Waals surface area contributed by atoms with Crippen LogP contribution in [-0.2, 0) is 6.54 Å². The van der Waals surface area contributed by atoms with Crippen molar-refractivity contribution in [2.24, 2.45) is 11.8 Å². The number of amides is 2. The lowest BCUT2D eigenvalue weighted by atomic mass is 10.4. The standard InChI is InChI=1S/C11H15N3OS/c15-11(13-4-7-2-1-3-16-7)14-10-8-5-12-6-9(8)10/h1-3,8-10,12H,4-6H2,(H2,13,14,15). The van der Waals surface area contributed by atoms with Gasteiger partial charge in [-0.1, -0.05) is 6.07 Å². The third kappa shape index (κ3) is 1.92. The van der Waals surface area contributed by atoms with E-state index in [0.29, 0.717) is 24.4 Å². The summed E-state index contributed by atoms with van der Waals surface area (Å²) in [6.07, 6.45) is 0. The number of carbonyl (C=O) groups is 1. The molecule has 2 atom stereocenters. The normalized spacial score (nSPS) is 30.9. The summed E-state index contributed by atoms with van der Waals surface area (Å²) in [5, 5.41) is 11.2. The summed E-state index contributed by atoms with van der Waals surface area (Å²) in [5.74, 6) is 1.35. The van der Waals surface area contributed by atoms with Crippen molar-refractivity contribution in [3.63, 3.8) is 0 Å². The Kier molecular flexibility index (Phi) is 2.57. The molecule has 3 N–H and O–H groups in total. The Hall–Kier alpha value is -1.07. The van der Waals surface area contributed by atoms with E-state index in [1.54, 1.807) is 11.3 Å². The van der Waals surface area contributed by atoms with Gasteiger partial charge >= 0.3 is 6.03 Å². The molecule has 1 aromatic rings. The molecule has 1 saturated heterocycles. The van der Waals surface area contributed by atoms with Crippen molar-refractivity contribution in [3.05, 3.63) is 22.4 Å². The van der Waals surface area contributed by atoms with Gasteiger partial charge in [-0.3, -0.25) is 0 Å². The van der Waals surface area contributed by atoms with E-state index in [2.05, 4.69) is 16.0 Å². The van der Waals surface area contributed by atoms with Gasteiger partial charge in [0.15, 0.2) is 0 Å². The van der Waals surface area contributed by atoms with Crippen LogP contribution in [0.2, 0.25) is 0 Å². The van der Waals surface area contributed by atoms with Gasteiger partial charge in [0.2, 0.25) is 0 Å². The first-order chi connectivity index (χ1) is 7.84. The molecule has 0 bridgehead atoms. The highest BCUT2D eigenvalue weighted by Gasteiger charge is 2.53. The molecule has 3 rings (SSSR count). The van der Waals surface area contributed by atoms with E-state index >= 15 is 0 Å². The zero-order valence-electron chi connectivity index (χ0n) is 8.90. The summed E-state index contributed by atoms with van der Waals surface area (Å²) in [4.78, 5) is 12.8. The van der Waals surface area contributed by atoms with E-state index in [9.17, 15) is 4.79 Å². The molecule has 1 aliphatic carbocycles. The Balaban J connectivity index is 1.41. The zero-order chi connectivity index (χ0) is 11.0. The lowest BCUT2D eigenvalue weighted by Crippen LogP contribution is -2.39. The van der Waals surface area contributed by atoms with Gasteiger partial charge in [-0.05, 0) is 23.3 Å². The fourth-order valence-electron chi connectivity index (χ4n) is 2.42. The fraction of sp³-hybridized carbons (Fsp3) is 0.545. The van der Waals surface area contributed by atoms with Crippen LogP contribution in [0.15, 0.2) is 17.5 Å². The number of fused-ring (bicyclic) bond motifs is 1. The quantitative estimate of drug-likeness (QED) is 0.727. The van der Waals surface area contributed by atoms with E-state index in [-0.39, 0.29) is 6.03 Å². The predicted molar refractivity (Wildman–Crippen MR) is 63.3 cm³/mol. The molecule has 4 nitrogen and oxygen atoms in total. The number of urea groups is 1. The highest BCUT2D eigenvalue weighted by molar-refractivity contribution is 7.09. The van der Waals surface area contributed by atoms with E-state index in [0.717, 1.165) is 13.1 Å². The molecule has 2 fully saturated rings. The van der Waals surface area contributed by atoms with Crippen LogP contribution in [0.25, 0.3) is 0 Å². The molecule has 0 spiro atoms. The average molecular weight is 237 g/mol. The second kappa shape index (κ2) is 4.07. The maximum absolute atomic E-state index is 11.6. The number of hydrogen-bond donors (Lipinski definition) is 3. The monoisotopic (exact) mass is 237 g/mol. The van der Waals surface area contributed by atoms with E-state index in [1.807, 2.05) is 17.5 Å². The average Bonchev–Trinajstić information content (AvgIpc) is 2.80. The number of carbonyl (C=O) groups excluding carboxylic acids is 1. The minimum absolute atomic E-state index is 0.0344. The number of rotatable bonds is 3. The van der Waals surface area contributed by atoms with Gasteiger partial charge in [-0.25, -0.2) is 4.79 Å². The van der Waals surface area contributed by atoms with Crippen molar-refractivity contribution < 1.29 is 4.79 Å². The fourth-order valence-corrected chi connectivity index (χ4v) is 3.06. The predicted octanol–water partition coefficient (Wildman–Crippen LogP) is 0.765. The molecular formula is C11H15N3OS. The lowest BCUT2D eigenvalue weighted by molar-refractivity contribution is 0.239. The van der Waals surface area contributed by atoms with E-state index < -0.39 is 0 Å². The van der Waals surface area contributed by atoms with Crippen LogP contribution < -0.4 is 16.0 Å². The summed E-state index contributed by atoms with van der Waals surface area (Å²) in [6, 6.07) is 4.40. The molecule has 2 unspecified atom stereocenters. The number of hydrogen-bond acceptors (Lipinski definition) is 3. The molecule has 0 aromatic carbocycles. The number of piperidine rings is 1. The van der Waals surface area contributed by atoms with Crippen LogP contribution in [0.4, 0.5) is 4.79 Å². The van der Waals surface area contributed by atoms with Crippen LogP contribution in [0.3, 0.4) is 0 Å². The topological polar surface area (TPSA) is 53.2 Å². The van der Waals surface area contributed by atoms with Gasteiger partial charge in [-0.15, -0.1) is 11.3 Å². The second-order valence-electron chi connectivity index (χ2n) is 4.42. The largest absolute Gasteiger partial charge is 0.335 e. The smallest absolute Gasteiger partial charge is 0.315 e. The molecule has 2 heterocycles. The van der Waals surface area contributed by atoms with E-state index in [4.69, 9.17) is 0 Å². The summed E-state index contributed by atoms with van der Waals surface area (Å²) in [6.45, 7) is 2.74.